The Morgan fingerprint density at radius 1 is 1.33 bits per heavy atom. The highest BCUT2D eigenvalue weighted by molar-refractivity contribution is 6.44. The van der Waals surface area contributed by atoms with E-state index in [2.05, 4.69) is 15.5 Å². The van der Waals surface area contributed by atoms with Gasteiger partial charge in [-0.25, -0.2) is 4.39 Å². The van der Waals surface area contributed by atoms with Crippen LogP contribution in [0.1, 0.15) is 6.42 Å². The molecule has 1 atom stereocenters. The zero-order valence-corrected chi connectivity index (χ0v) is 12.8. The molecule has 0 unspecified atom stereocenters. The molecule has 0 saturated heterocycles. The Bertz CT molecular complexity index is 814. The first-order chi connectivity index (χ1) is 11.4. The summed E-state index contributed by atoms with van der Waals surface area (Å²) in [6.45, 7) is 0. The number of nitrogens with zero attached hydrogens (tertiary/aromatic N) is 4. The van der Waals surface area contributed by atoms with Crippen molar-refractivity contribution in [2.75, 3.05) is 10.3 Å². The fourth-order valence-electron chi connectivity index (χ4n) is 2.39. The number of benzene rings is 1. The Hall–Kier alpha value is -3.23. The number of hydrogen-bond donors (Lipinski definition) is 2. The number of rotatable bonds is 4. The van der Waals surface area contributed by atoms with Gasteiger partial charge in [0.25, 0.3) is 5.91 Å². The highest BCUT2D eigenvalue weighted by Crippen LogP contribution is 2.25. The number of hydrogen-bond acceptors (Lipinski definition) is 5. The van der Waals surface area contributed by atoms with E-state index in [4.69, 9.17) is 5.73 Å². The van der Waals surface area contributed by atoms with Crippen LogP contribution in [0.15, 0.2) is 41.8 Å². The van der Waals surface area contributed by atoms with Crippen molar-refractivity contribution in [2.24, 2.45) is 17.9 Å². The van der Waals surface area contributed by atoms with Gasteiger partial charge in [-0.2, -0.15) is 10.2 Å². The van der Waals surface area contributed by atoms with Crippen molar-refractivity contribution in [1.82, 2.24) is 9.78 Å². The highest BCUT2D eigenvalue weighted by Gasteiger charge is 2.35. The standard InChI is InChI=1S/C15H15FN6O2/c1-21-8-10(7-18-21)19-15(24)12-6-13(14(17)23)22(20-12)11-4-2-9(16)3-5-11/h2-5,7-8,13H,6H2,1H3,(H2,17,23)(H,19,24)/t13-/m0/s1. The summed E-state index contributed by atoms with van der Waals surface area (Å²) in [5.41, 5.74) is 6.55. The predicted molar refractivity (Wildman–Crippen MR) is 85.8 cm³/mol. The van der Waals surface area contributed by atoms with Crippen LogP contribution in [0.25, 0.3) is 0 Å². The monoisotopic (exact) mass is 330 g/mol. The molecule has 0 fully saturated rings. The molecule has 9 heteroatoms. The SMILES string of the molecule is Cn1cc(NC(=O)C2=NN(c3ccc(F)cc3)[C@H](C(N)=O)C2)cn1. The number of primary amides is 1. The summed E-state index contributed by atoms with van der Waals surface area (Å²) in [6, 6.07) is 4.63. The molecule has 1 aliphatic heterocycles. The van der Waals surface area contributed by atoms with E-state index in [0.29, 0.717) is 11.4 Å². The molecule has 2 aromatic rings. The molecule has 1 aromatic heterocycles. The van der Waals surface area contributed by atoms with Gasteiger partial charge in [-0.15, -0.1) is 0 Å². The maximum Gasteiger partial charge on any atom is 0.272 e. The number of carbonyl (C=O) groups is 2. The van der Waals surface area contributed by atoms with E-state index < -0.39 is 23.7 Å². The normalized spacial score (nSPS) is 16.8. The van der Waals surface area contributed by atoms with Crippen LogP contribution in [0.2, 0.25) is 0 Å². The number of hydrazone groups is 1. The van der Waals surface area contributed by atoms with Crippen molar-refractivity contribution >= 4 is 28.9 Å². The minimum Gasteiger partial charge on any atom is -0.368 e. The quantitative estimate of drug-likeness (QED) is 0.857. The summed E-state index contributed by atoms with van der Waals surface area (Å²) < 4.78 is 14.6. The van der Waals surface area contributed by atoms with Crippen molar-refractivity contribution in [2.45, 2.75) is 12.5 Å². The van der Waals surface area contributed by atoms with E-state index >= 15 is 0 Å². The van der Waals surface area contributed by atoms with Gasteiger partial charge >= 0.3 is 0 Å². The largest absolute Gasteiger partial charge is 0.368 e. The molecule has 3 N–H and O–H groups in total. The number of aromatic nitrogens is 2. The first-order valence-electron chi connectivity index (χ1n) is 7.15. The van der Waals surface area contributed by atoms with E-state index in [1.807, 2.05) is 0 Å². The average molecular weight is 330 g/mol. The Kier molecular flexibility index (Phi) is 3.98. The summed E-state index contributed by atoms with van der Waals surface area (Å²) in [4.78, 5) is 24.0. The predicted octanol–water partition coefficient (Wildman–Crippen LogP) is 0.618. The number of carbonyl (C=O) groups excluding carboxylic acids is 2. The maximum absolute atomic E-state index is 13.1. The van der Waals surface area contributed by atoms with Crippen LogP contribution in [-0.2, 0) is 16.6 Å². The minimum absolute atomic E-state index is 0.0683. The fraction of sp³-hybridized carbons (Fsp3) is 0.200. The van der Waals surface area contributed by atoms with Crippen LogP contribution in [0, 0.1) is 5.82 Å². The zero-order chi connectivity index (χ0) is 17.3. The molecule has 8 nitrogen and oxygen atoms in total. The molecular formula is C15H15FN6O2. The summed E-state index contributed by atoms with van der Waals surface area (Å²) in [5, 5.41) is 12.1. The molecule has 124 valence electrons. The van der Waals surface area contributed by atoms with Gasteiger partial charge in [-0.05, 0) is 24.3 Å². The van der Waals surface area contributed by atoms with Crippen molar-refractivity contribution in [1.29, 1.82) is 0 Å². The molecular weight excluding hydrogens is 315 g/mol. The van der Waals surface area contributed by atoms with Crippen LogP contribution in [0.3, 0.4) is 0 Å². The summed E-state index contributed by atoms with van der Waals surface area (Å²) in [6.07, 6.45) is 3.20. The highest BCUT2D eigenvalue weighted by atomic mass is 19.1. The lowest BCUT2D eigenvalue weighted by atomic mass is 10.1. The van der Waals surface area contributed by atoms with Gasteiger partial charge in [0.2, 0.25) is 5.91 Å². The molecule has 0 spiro atoms. The second kappa shape index (κ2) is 6.11. The van der Waals surface area contributed by atoms with Crippen molar-refractivity contribution in [3.8, 4) is 0 Å². The maximum atomic E-state index is 13.1. The Balaban J connectivity index is 1.83. The first-order valence-corrected chi connectivity index (χ1v) is 7.15. The van der Waals surface area contributed by atoms with Gasteiger partial charge < -0.3 is 11.1 Å². The molecule has 1 aliphatic rings. The average Bonchev–Trinajstić information content (AvgIpc) is 3.15. The molecule has 24 heavy (non-hydrogen) atoms. The van der Waals surface area contributed by atoms with Crippen LogP contribution in [-0.4, -0.2) is 33.3 Å². The zero-order valence-electron chi connectivity index (χ0n) is 12.8. The minimum atomic E-state index is -0.801. The molecule has 2 heterocycles. The van der Waals surface area contributed by atoms with Gasteiger partial charge in [0.1, 0.15) is 17.6 Å². The van der Waals surface area contributed by atoms with Crippen molar-refractivity contribution in [3.05, 3.63) is 42.5 Å². The Morgan fingerprint density at radius 2 is 2.04 bits per heavy atom. The topological polar surface area (TPSA) is 106 Å². The van der Waals surface area contributed by atoms with Crippen molar-refractivity contribution in [3.63, 3.8) is 0 Å². The number of nitrogens with one attached hydrogen (secondary N) is 1. The Morgan fingerprint density at radius 3 is 2.62 bits per heavy atom. The molecule has 0 radical (unpaired) electrons. The van der Waals surface area contributed by atoms with Crippen LogP contribution < -0.4 is 16.1 Å². The van der Waals surface area contributed by atoms with E-state index in [9.17, 15) is 14.0 Å². The number of nitrogens with two attached hydrogens (primary N) is 1. The molecule has 3 rings (SSSR count). The van der Waals surface area contributed by atoms with Gasteiger partial charge in [0.05, 0.1) is 17.6 Å². The summed E-state index contributed by atoms with van der Waals surface area (Å²) in [5.74, 6) is -1.47. The molecule has 0 saturated carbocycles. The van der Waals surface area contributed by atoms with E-state index in [1.165, 1.54) is 35.5 Å². The number of halogens is 1. The van der Waals surface area contributed by atoms with Gasteiger partial charge in [0, 0.05) is 19.7 Å². The number of amides is 2. The smallest absolute Gasteiger partial charge is 0.272 e. The lowest BCUT2D eigenvalue weighted by molar-refractivity contribution is -0.119. The Labute approximate surface area is 136 Å². The molecule has 0 aliphatic carbocycles. The third kappa shape index (κ3) is 3.09. The summed E-state index contributed by atoms with van der Waals surface area (Å²) >= 11 is 0. The summed E-state index contributed by atoms with van der Waals surface area (Å²) in [7, 11) is 1.72. The van der Waals surface area contributed by atoms with Crippen LogP contribution >= 0.6 is 0 Å². The van der Waals surface area contributed by atoms with E-state index in [0.717, 1.165) is 0 Å². The lowest BCUT2D eigenvalue weighted by Crippen LogP contribution is -2.39. The van der Waals surface area contributed by atoms with Crippen LogP contribution in [0.5, 0.6) is 0 Å². The second-order valence-electron chi connectivity index (χ2n) is 5.35. The second-order valence-corrected chi connectivity index (χ2v) is 5.35. The molecule has 2 amide bonds. The third-order valence-corrected chi connectivity index (χ3v) is 3.55. The van der Waals surface area contributed by atoms with E-state index in [1.54, 1.807) is 17.9 Å². The van der Waals surface area contributed by atoms with Gasteiger partial charge in [-0.1, -0.05) is 0 Å². The third-order valence-electron chi connectivity index (χ3n) is 3.55. The van der Waals surface area contributed by atoms with Gasteiger partial charge in [-0.3, -0.25) is 19.3 Å². The number of anilines is 2. The fourth-order valence-corrected chi connectivity index (χ4v) is 2.39. The van der Waals surface area contributed by atoms with E-state index in [-0.39, 0.29) is 12.1 Å². The van der Waals surface area contributed by atoms with Crippen molar-refractivity contribution < 1.29 is 14.0 Å². The molecule has 1 aromatic carbocycles. The first kappa shape index (κ1) is 15.7. The number of aryl methyl sites for hydroxylation is 1. The van der Waals surface area contributed by atoms with Gasteiger partial charge in [0.15, 0.2) is 0 Å². The van der Waals surface area contributed by atoms with Crippen LogP contribution in [0.4, 0.5) is 15.8 Å². The lowest BCUT2D eigenvalue weighted by Gasteiger charge is -2.20. The molecule has 0 bridgehead atoms.